The first-order valence-corrected chi connectivity index (χ1v) is 9.00. The molecule has 1 aromatic heterocycles. The molecule has 0 spiro atoms. The summed E-state index contributed by atoms with van der Waals surface area (Å²) in [5.41, 5.74) is 1.77. The summed E-state index contributed by atoms with van der Waals surface area (Å²) in [7, 11) is 3.15. The number of nitrogens with one attached hydrogen (secondary N) is 2. The molecule has 0 amide bonds. The average molecular weight is 394 g/mol. The monoisotopic (exact) mass is 394 g/mol. The van der Waals surface area contributed by atoms with Crippen molar-refractivity contribution in [2.24, 2.45) is 0 Å². The molecule has 8 nitrogen and oxygen atoms in total. The molecule has 0 saturated carbocycles. The van der Waals surface area contributed by atoms with Crippen LogP contribution in [-0.2, 0) is 4.74 Å². The summed E-state index contributed by atoms with van der Waals surface area (Å²) in [6, 6.07) is 14.2. The largest absolute Gasteiger partial charge is 0.493 e. The summed E-state index contributed by atoms with van der Waals surface area (Å²) in [6.45, 7) is 2.07. The van der Waals surface area contributed by atoms with E-state index in [1.807, 2.05) is 12.1 Å². The SMILES string of the molecule is CCOC(=O)c1ccccc1Nc1ccnc(Nc2ccc(OC)c(OC)c2)n1. The molecular weight excluding hydrogens is 372 g/mol. The van der Waals surface area contributed by atoms with Crippen LogP contribution >= 0.6 is 0 Å². The predicted octanol–water partition coefficient (Wildman–Crippen LogP) is 4.16. The second-order valence-electron chi connectivity index (χ2n) is 5.85. The van der Waals surface area contributed by atoms with Gasteiger partial charge in [-0.1, -0.05) is 12.1 Å². The lowest BCUT2D eigenvalue weighted by atomic mass is 10.2. The first-order valence-electron chi connectivity index (χ1n) is 9.00. The number of methoxy groups -OCH3 is 2. The van der Waals surface area contributed by atoms with E-state index in [4.69, 9.17) is 14.2 Å². The minimum Gasteiger partial charge on any atom is -0.493 e. The van der Waals surface area contributed by atoms with Gasteiger partial charge in [-0.15, -0.1) is 0 Å². The molecule has 150 valence electrons. The van der Waals surface area contributed by atoms with Crippen LogP contribution in [0.1, 0.15) is 17.3 Å². The van der Waals surface area contributed by atoms with Crippen molar-refractivity contribution in [3.05, 3.63) is 60.3 Å². The Hall–Kier alpha value is -3.81. The number of carbonyl (C=O) groups excluding carboxylic acids is 1. The van der Waals surface area contributed by atoms with E-state index in [1.54, 1.807) is 63.7 Å². The molecule has 0 fully saturated rings. The number of hydrogen-bond acceptors (Lipinski definition) is 8. The fourth-order valence-corrected chi connectivity index (χ4v) is 2.65. The van der Waals surface area contributed by atoms with Crippen LogP contribution in [0.5, 0.6) is 11.5 Å². The fraction of sp³-hybridized carbons (Fsp3) is 0.190. The van der Waals surface area contributed by atoms with Crippen molar-refractivity contribution in [2.45, 2.75) is 6.92 Å². The zero-order chi connectivity index (χ0) is 20.6. The number of nitrogens with zero attached hydrogens (tertiary/aromatic N) is 2. The third-order valence-electron chi connectivity index (χ3n) is 3.98. The van der Waals surface area contributed by atoms with Gasteiger partial charge in [0.25, 0.3) is 0 Å². The second kappa shape index (κ2) is 9.41. The maximum Gasteiger partial charge on any atom is 0.340 e. The molecule has 2 aromatic carbocycles. The Morgan fingerprint density at radius 1 is 1.00 bits per heavy atom. The summed E-state index contributed by atoms with van der Waals surface area (Å²) in [4.78, 5) is 20.8. The normalized spacial score (nSPS) is 10.2. The number of benzene rings is 2. The molecule has 29 heavy (non-hydrogen) atoms. The van der Waals surface area contributed by atoms with Crippen LogP contribution in [0.4, 0.5) is 23.1 Å². The van der Waals surface area contributed by atoms with Crippen LogP contribution in [-0.4, -0.2) is 36.8 Å². The summed E-state index contributed by atoms with van der Waals surface area (Å²) in [5.74, 6) is 1.74. The third-order valence-corrected chi connectivity index (χ3v) is 3.98. The number of ether oxygens (including phenoxy) is 3. The summed E-state index contributed by atoms with van der Waals surface area (Å²) in [6.07, 6.45) is 1.62. The van der Waals surface area contributed by atoms with E-state index in [2.05, 4.69) is 20.6 Å². The van der Waals surface area contributed by atoms with Gasteiger partial charge in [-0.3, -0.25) is 0 Å². The van der Waals surface area contributed by atoms with Gasteiger partial charge in [0.2, 0.25) is 5.95 Å². The lowest BCUT2D eigenvalue weighted by molar-refractivity contribution is 0.0527. The summed E-state index contributed by atoms with van der Waals surface area (Å²) >= 11 is 0. The molecule has 0 unspecified atom stereocenters. The van der Waals surface area contributed by atoms with Gasteiger partial charge in [-0.25, -0.2) is 9.78 Å². The number of carbonyl (C=O) groups is 1. The highest BCUT2D eigenvalue weighted by atomic mass is 16.5. The zero-order valence-electron chi connectivity index (χ0n) is 16.4. The zero-order valence-corrected chi connectivity index (χ0v) is 16.4. The molecule has 1 heterocycles. The minimum atomic E-state index is -0.395. The molecular formula is C21H22N4O4. The molecule has 3 rings (SSSR count). The fourth-order valence-electron chi connectivity index (χ4n) is 2.65. The van der Waals surface area contributed by atoms with Crippen molar-refractivity contribution < 1.29 is 19.0 Å². The van der Waals surface area contributed by atoms with Gasteiger partial charge in [0.15, 0.2) is 11.5 Å². The van der Waals surface area contributed by atoms with E-state index in [0.717, 1.165) is 5.69 Å². The predicted molar refractivity (Wildman–Crippen MR) is 111 cm³/mol. The average Bonchev–Trinajstić information content (AvgIpc) is 2.74. The maximum atomic E-state index is 12.1. The Morgan fingerprint density at radius 2 is 1.79 bits per heavy atom. The number of para-hydroxylation sites is 1. The van der Waals surface area contributed by atoms with E-state index in [-0.39, 0.29) is 0 Å². The Morgan fingerprint density at radius 3 is 2.55 bits per heavy atom. The van der Waals surface area contributed by atoms with Crippen molar-refractivity contribution >= 4 is 29.1 Å². The van der Waals surface area contributed by atoms with Crippen molar-refractivity contribution in [3.63, 3.8) is 0 Å². The van der Waals surface area contributed by atoms with Crippen LogP contribution in [0.2, 0.25) is 0 Å². The Bertz CT molecular complexity index is 994. The molecule has 8 heteroatoms. The van der Waals surface area contributed by atoms with Gasteiger partial charge >= 0.3 is 5.97 Å². The van der Waals surface area contributed by atoms with Gasteiger partial charge < -0.3 is 24.8 Å². The number of aromatic nitrogens is 2. The van der Waals surface area contributed by atoms with Crippen LogP contribution in [0, 0.1) is 0 Å². The number of esters is 1. The minimum absolute atomic E-state index is 0.306. The topological polar surface area (TPSA) is 94.6 Å². The number of anilines is 4. The Balaban J connectivity index is 1.80. The molecule has 0 radical (unpaired) electrons. The van der Waals surface area contributed by atoms with Crippen molar-refractivity contribution in [1.29, 1.82) is 0 Å². The van der Waals surface area contributed by atoms with Crippen molar-refractivity contribution in [1.82, 2.24) is 9.97 Å². The third kappa shape index (κ3) is 4.92. The lowest BCUT2D eigenvalue weighted by Crippen LogP contribution is -2.08. The van der Waals surface area contributed by atoms with Crippen LogP contribution in [0.3, 0.4) is 0 Å². The standard InChI is InChI=1S/C21H22N4O4/c1-4-29-20(26)15-7-5-6-8-16(15)24-19-11-12-22-21(25-19)23-14-9-10-17(27-2)18(13-14)28-3/h5-13H,4H2,1-3H3,(H2,22,23,24,25). The highest BCUT2D eigenvalue weighted by molar-refractivity contribution is 5.96. The first kappa shape index (κ1) is 19.9. The maximum absolute atomic E-state index is 12.1. The van der Waals surface area contributed by atoms with E-state index in [9.17, 15) is 4.79 Å². The van der Waals surface area contributed by atoms with Gasteiger partial charge in [0.05, 0.1) is 32.1 Å². The lowest BCUT2D eigenvalue weighted by Gasteiger charge is -2.12. The van der Waals surface area contributed by atoms with E-state index >= 15 is 0 Å². The second-order valence-corrected chi connectivity index (χ2v) is 5.85. The molecule has 0 aliphatic carbocycles. The quantitative estimate of drug-likeness (QED) is 0.550. The molecule has 3 aromatic rings. The summed E-state index contributed by atoms with van der Waals surface area (Å²) in [5, 5.41) is 6.27. The molecule has 0 atom stereocenters. The van der Waals surface area contributed by atoms with Gasteiger partial charge in [-0.05, 0) is 37.3 Å². The highest BCUT2D eigenvalue weighted by Crippen LogP contribution is 2.30. The Labute approximate surface area is 168 Å². The van der Waals surface area contributed by atoms with Gasteiger partial charge in [0.1, 0.15) is 5.82 Å². The smallest absolute Gasteiger partial charge is 0.340 e. The van der Waals surface area contributed by atoms with Crippen LogP contribution in [0.25, 0.3) is 0 Å². The van der Waals surface area contributed by atoms with E-state index < -0.39 is 5.97 Å². The van der Waals surface area contributed by atoms with Gasteiger partial charge in [-0.2, -0.15) is 4.98 Å². The van der Waals surface area contributed by atoms with E-state index in [0.29, 0.717) is 41.1 Å². The molecule has 0 aliphatic rings. The van der Waals surface area contributed by atoms with Gasteiger partial charge in [0, 0.05) is 18.0 Å². The Kier molecular flexibility index (Phi) is 6.47. The summed E-state index contributed by atoms with van der Waals surface area (Å²) < 4.78 is 15.7. The highest BCUT2D eigenvalue weighted by Gasteiger charge is 2.13. The number of rotatable bonds is 8. The van der Waals surface area contributed by atoms with Crippen LogP contribution < -0.4 is 20.1 Å². The van der Waals surface area contributed by atoms with Crippen LogP contribution in [0.15, 0.2) is 54.7 Å². The molecule has 0 aliphatic heterocycles. The number of hydrogen-bond donors (Lipinski definition) is 2. The first-order chi connectivity index (χ1) is 14.1. The molecule has 0 saturated heterocycles. The van der Waals surface area contributed by atoms with E-state index in [1.165, 1.54) is 0 Å². The van der Waals surface area contributed by atoms with Crippen molar-refractivity contribution in [3.8, 4) is 11.5 Å². The molecule has 0 bridgehead atoms. The molecule has 2 N–H and O–H groups in total. The van der Waals surface area contributed by atoms with Crippen molar-refractivity contribution in [2.75, 3.05) is 31.5 Å².